The first kappa shape index (κ1) is 33.7. The highest BCUT2D eigenvalue weighted by molar-refractivity contribution is 6.16. The Bertz CT molecular complexity index is 2920. The summed E-state index contributed by atoms with van der Waals surface area (Å²) in [7, 11) is 0. The Hall–Kier alpha value is -6.38. The van der Waals surface area contributed by atoms with Crippen LogP contribution in [0, 0.1) is 17.8 Å². The molecule has 0 radical (unpaired) electrons. The third-order valence-electron chi connectivity index (χ3n) is 14.1. The van der Waals surface area contributed by atoms with E-state index in [1.54, 1.807) is 5.56 Å². The second-order valence-corrected chi connectivity index (χ2v) is 17.6. The van der Waals surface area contributed by atoms with E-state index in [0.29, 0.717) is 5.41 Å². The van der Waals surface area contributed by atoms with E-state index in [1.165, 1.54) is 110 Å². The van der Waals surface area contributed by atoms with Crippen molar-refractivity contribution in [1.29, 1.82) is 0 Å². The molecule has 1 aromatic heterocycles. The van der Waals surface area contributed by atoms with Gasteiger partial charge >= 0.3 is 0 Å². The molecule has 4 aliphatic rings. The van der Waals surface area contributed by atoms with Crippen molar-refractivity contribution in [1.82, 2.24) is 4.57 Å². The fraction of sp³-hybridized carbons (Fsp3) is 0.179. The minimum absolute atomic E-state index is 0.361. The lowest BCUT2D eigenvalue weighted by atomic mass is 9.48. The number of fused-ring (bicyclic) bond motifs is 4. The van der Waals surface area contributed by atoms with Gasteiger partial charge in [0.1, 0.15) is 0 Å². The smallest absolute Gasteiger partial charge is 0.0562 e. The molecule has 0 N–H and O–H groups in total. The number of hydrogen-bond donors (Lipinski definition) is 0. The Morgan fingerprint density at radius 3 is 1.62 bits per heavy atom. The minimum Gasteiger partial charge on any atom is -0.310 e. The Kier molecular flexibility index (Phi) is 7.76. The first-order valence-electron chi connectivity index (χ1n) is 21.4. The molecular formula is C56H46N2. The Balaban J connectivity index is 1.03. The lowest BCUT2D eigenvalue weighted by Gasteiger charge is -2.57. The molecule has 0 aliphatic heterocycles. The van der Waals surface area contributed by atoms with Gasteiger partial charge in [-0.3, -0.25) is 0 Å². The van der Waals surface area contributed by atoms with Gasteiger partial charge < -0.3 is 9.47 Å². The van der Waals surface area contributed by atoms with Crippen LogP contribution in [0.5, 0.6) is 0 Å². The zero-order valence-electron chi connectivity index (χ0n) is 32.8. The Morgan fingerprint density at radius 1 is 0.431 bits per heavy atom. The zero-order chi connectivity index (χ0) is 38.2. The molecule has 4 saturated carbocycles. The van der Waals surface area contributed by atoms with E-state index in [9.17, 15) is 0 Å². The van der Waals surface area contributed by atoms with Crippen molar-refractivity contribution in [2.24, 2.45) is 17.8 Å². The number of benzene rings is 8. The van der Waals surface area contributed by atoms with E-state index in [1.807, 2.05) is 0 Å². The number of anilines is 3. The van der Waals surface area contributed by atoms with Crippen LogP contribution in [0.3, 0.4) is 0 Å². The van der Waals surface area contributed by atoms with Crippen LogP contribution in [0.4, 0.5) is 17.1 Å². The highest BCUT2D eigenvalue weighted by Gasteiger charge is 2.51. The van der Waals surface area contributed by atoms with Crippen molar-refractivity contribution < 1.29 is 0 Å². The molecule has 0 atom stereocenters. The standard InChI is InChI=1S/C56H46N2/c1-3-12-41(13-4-1)48-19-9-14-43-15-10-20-49(54(43)48)42-24-28-46(29-25-42)57(47-30-26-44(27-31-47)56-35-38-32-39(36-56)34-40(33-38)37-56)52-22-11-23-53-55(52)50-18-7-8-21-51(50)58(53)45-16-5-2-6-17-45/h1-31,38-40H,32-37H2. The summed E-state index contributed by atoms with van der Waals surface area (Å²) in [5.74, 6) is 2.77. The predicted molar refractivity (Wildman–Crippen MR) is 244 cm³/mol. The summed E-state index contributed by atoms with van der Waals surface area (Å²) in [5, 5.41) is 5.07. The van der Waals surface area contributed by atoms with Crippen LogP contribution in [-0.4, -0.2) is 4.57 Å². The van der Waals surface area contributed by atoms with Crippen LogP contribution in [0.25, 0.3) is 60.5 Å². The van der Waals surface area contributed by atoms with Gasteiger partial charge in [0.25, 0.3) is 0 Å². The number of rotatable bonds is 7. The molecule has 280 valence electrons. The molecule has 8 aromatic carbocycles. The van der Waals surface area contributed by atoms with Gasteiger partial charge in [0, 0.05) is 27.8 Å². The second kappa shape index (κ2) is 13.4. The van der Waals surface area contributed by atoms with Gasteiger partial charge in [0.15, 0.2) is 0 Å². The molecule has 2 heteroatoms. The number of nitrogens with zero attached hydrogens (tertiary/aromatic N) is 2. The summed E-state index contributed by atoms with van der Waals surface area (Å²) in [6, 6.07) is 69.9. The minimum atomic E-state index is 0.361. The first-order chi connectivity index (χ1) is 28.7. The van der Waals surface area contributed by atoms with Gasteiger partial charge in [0.2, 0.25) is 0 Å². The fourth-order valence-corrected chi connectivity index (χ4v) is 12.1. The summed E-state index contributed by atoms with van der Waals surface area (Å²) < 4.78 is 2.43. The first-order valence-corrected chi connectivity index (χ1v) is 21.4. The van der Waals surface area contributed by atoms with Gasteiger partial charge in [-0.25, -0.2) is 0 Å². The van der Waals surface area contributed by atoms with Crippen molar-refractivity contribution in [2.45, 2.75) is 43.9 Å². The topological polar surface area (TPSA) is 8.17 Å². The average molecular weight is 747 g/mol. The molecule has 13 rings (SSSR count). The lowest BCUT2D eigenvalue weighted by Crippen LogP contribution is -2.48. The van der Waals surface area contributed by atoms with Crippen LogP contribution >= 0.6 is 0 Å². The summed E-state index contributed by atoms with van der Waals surface area (Å²) in [4.78, 5) is 2.51. The van der Waals surface area contributed by atoms with Crippen LogP contribution in [0.1, 0.15) is 44.1 Å². The number of aromatic nitrogens is 1. The van der Waals surface area contributed by atoms with Crippen molar-refractivity contribution in [2.75, 3.05) is 4.90 Å². The molecule has 0 saturated heterocycles. The third-order valence-corrected chi connectivity index (χ3v) is 14.1. The molecule has 1 heterocycles. The largest absolute Gasteiger partial charge is 0.310 e. The average Bonchev–Trinajstić information content (AvgIpc) is 3.62. The maximum Gasteiger partial charge on any atom is 0.0562 e. The van der Waals surface area contributed by atoms with Crippen LogP contribution in [-0.2, 0) is 5.41 Å². The van der Waals surface area contributed by atoms with Crippen molar-refractivity contribution in [3.63, 3.8) is 0 Å². The van der Waals surface area contributed by atoms with Gasteiger partial charge in [-0.05, 0) is 155 Å². The highest BCUT2D eigenvalue weighted by atomic mass is 15.1. The number of para-hydroxylation sites is 2. The van der Waals surface area contributed by atoms with Gasteiger partial charge in [-0.1, -0.05) is 133 Å². The molecular weight excluding hydrogens is 701 g/mol. The third kappa shape index (κ3) is 5.38. The van der Waals surface area contributed by atoms with E-state index in [-0.39, 0.29) is 0 Å². The molecule has 9 aromatic rings. The summed E-state index contributed by atoms with van der Waals surface area (Å²) in [6.07, 6.45) is 8.53. The zero-order valence-corrected chi connectivity index (χ0v) is 32.8. The Morgan fingerprint density at radius 2 is 0.966 bits per heavy atom. The van der Waals surface area contributed by atoms with Gasteiger partial charge in [-0.2, -0.15) is 0 Å². The van der Waals surface area contributed by atoms with E-state index in [0.717, 1.165) is 23.4 Å². The van der Waals surface area contributed by atoms with Gasteiger partial charge in [-0.15, -0.1) is 0 Å². The van der Waals surface area contributed by atoms with Crippen molar-refractivity contribution in [3.05, 3.63) is 194 Å². The maximum atomic E-state index is 2.51. The monoisotopic (exact) mass is 746 g/mol. The molecule has 4 bridgehead atoms. The summed E-state index contributed by atoms with van der Waals surface area (Å²) in [5.41, 5.74) is 14.0. The maximum absolute atomic E-state index is 2.51. The highest BCUT2D eigenvalue weighted by Crippen LogP contribution is 2.61. The van der Waals surface area contributed by atoms with Crippen molar-refractivity contribution >= 4 is 49.6 Å². The summed E-state index contributed by atoms with van der Waals surface area (Å²) in [6.45, 7) is 0. The molecule has 58 heavy (non-hydrogen) atoms. The van der Waals surface area contributed by atoms with E-state index < -0.39 is 0 Å². The molecule has 4 aliphatic carbocycles. The van der Waals surface area contributed by atoms with Crippen LogP contribution in [0.15, 0.2) is 188 Å². The van der Waals surface area contributed by atoms with E-state index in [2.05, 4.69) is 198 Å². The number of hydrogen-bond acceptors (Lipinski definition) is 1. The van der Waals surface area contributed by atoms with Crippen LogP contribution in [0.2, 0.25) is 0 Å². The van der Waals surface area contributed by atoms with Crippen LogP contribution < -0.4 is 4.90 Å². The van der Waals surface area contributed by atoms with Gasteiger partial charge in [0.05, 0.1) is 16.7 Å². The normalized spacial score (nSPS) is 20.9. The molecule has 0 spiro atoms. The SMILES string of the molecule is c1ccc(-c2cccc3cccc(-c4ccc(N(c5ccc(C67CC8CC(CC(C8)C6)C7)cc5)c5cccc6c5c5ccccc5n6-c5ccccc5)cc4)c23)cc1. The molecule has 0 amide bonds. The molecule has 0 unspecified atom stereocenters. The Labute approximate surface area is 341 Å². The lowest BCUT2D eigenvalue weighted by molar-refractivity contribution is -0.00518. The predicted octanol–water partition coefficient (Wildman–Crippen LogP) is 15.2. The van der Waals surface area contributed by atoms with E-state index in [4.69, 9.17) is 0 Å². The molecule has 4 fully saturated rings. The van der Waals surface area contributed by atoms with Crippen molar-refractivity contribution in [3.8, 4) is 27.9 Å². The fourth-order valence-electron chi connectivity index (χ4n) is 12.1. The van der Waals surface area contributed by atoms with E-state index >= 15 is 0 Å². The molecule has 2 nitrogen and oxygen atoms in total. The summed E-state index contributed by atoms with van der Waals surface area (Å²) >= 11 is 0. The quantitative estimate of drug-likeness (QED) is 0.158. The second-order valence-electron chi connectivity index (χ2n) is 17.6.